The van der Waals surface area contributed by atoms with Crippen molar-refractivity contribution in [3.05, 3.63) is 143 Å². The molecule has 0 radical (unpaired) electrons. The summed E-state index contributed by atoms with van der Waals surface area (Å²) in [5.74, 6) is -3.34. The highest BCUT2D eigenvalue weighted by atomic mass is 16.6. The Labute approximate surface area is 328 Å². The van der Waals surface area contributed by atoms with Crippen LogP contribution in [0.4, 0.5) is 0 Å². The molecular formula is C42H42O15. The Morgan fingerprint density at radius 2 is 0.421 bits per heavy atom. The molecule has 0 saturated heterocycles. The summed E-state index contributed by atoms with van der Waals surface area (Å²) >= 11 is 0. The average molecular weight is 787 g/mol. The van der Waals surface area contributed by atoms with Crippen molar-refractivity contribution in [1.82, 2.24) is 0 Å². The van der Waals surface area contributed by atoms with Gasteiger partial charge in [-0.05, 0) is 72.8 Å². The summed E-state index contributed by atoms with van der Waals surface area (Å²) in [6.45, 7) is 0.566. The van der Waals surface area contributed by atoms with Gasteiger partial charge in [-0.25, -0.2) is 28.8 Å². The van der Waals surface area contributed by atoms with Gasteiger partial charge in [0.25, 0.3) is 0 Å². The molecule has 0 atom stereocenters. The van der Waals surface area contributed by atoms with Gasteiger partial charge in [0.05, 0.1) is 73.0 Å². The molecule has 0 amide bonds. The lowest BCUT2D eigenvalue weighted by atomic mass is 10.1. The molecule has 4 aromatic rings. The van der Waals surface area contributed by atoms with Gasteiger partial charge >= 0.3 is 35.8 Å². The standard InChI is InChI=1S/C42H42O15/c43-37(31-7-3-1-4-8-31)52-25-19-49-21-27-54-39(45)33-11-15-35(16-12-33)41(47)56-29-23-51-24-30-57-42(48)36-17-13-34(14-18-36)40(46)55-28-22-50-20-26-53-38(44)32-9-5-2-6-10-32/h1-18H,19-30H2. The van der Waals surface area contributed by atoms with Crippen LogP contribution in [-0.4, -0.2) is 115 Å². The van der Waals surface area contributed by atoms with Crippen molar-refractivity contribution >= 4 is 35.8 Å². The Kier molecular flexibility index (Phi) is 18.9. The fourth-order valence-corrected chi connectivity index (χ4v) is 4.60. The van der Waals surface area contributed by atoms with E-state index in [0.29, 0.717) is 11.1 Å². The van der Waals surface area contributed by atoms with Crippen LogP contribution in [0.3, 0.4) is 0 Å². The first-order chi connectivity index (χ1) is 27.8. The minimum atomic E-state index is -0.619. The van der Waals surface area contributed by atoms with Crippen molar-refractivity contribution in [2.24, 2.45) is 0 Å². The van der Waals surface area contributed by atoms with Gasteiger partial charge in [-0.3, -0.25) is 0 Å². The Bertz CT molecular complexity index is 1720. The minimum Gasteiger partial charge on any atom is -0.460 e. The van der Waals surface area contributed by atoms with Crippen LogP contribution in [0, 0.1) is 0 Å². The summed E-state index contributed by atoms with van der Waals surface area (Å²) in [6.07, 6.45) is 0. The normalized spacial score (nSPS) is 10.5. The molecule has 300 valence electrons. The Hall–Kier alpha value is -6.42. The summed E-state index contributed by atoms with van der Waals surface area (Å²) < 4.78 is 46.9. The summed E-state index contributed by atoms with van der Waals surface area (Å²) in [4.78, 5) is 73.0. The van der Waals surface area contributed by atoms with Gasteiger partial charge in [-0.15, -0.1) is 0 Å². The lowest BCUT2D eigenvalue weighted by Gasteiger charge is -2.09. The second kappa shape index (κ2) is 24.9. The first-order valence-corrected chi connectivity index (χ1v) is 17.9. The third kappa shape index (κ3) is 16.1. The fourth-order valence-electron chi connectivity index (χ4n) is 4.60. The van der Waals surface area contributed by atoms with E-state index in [1.807, 2.05) is 0 Å². The van der Waals surface area contributed by atoms with E-state index in [0.717, 1.165) is 0 Å². The molecule has 15 heteroatoms. The van der Waals surface area contributed by atoms with Gasteiger partial charge in [-0.1, -0.05) is 36.4 Å². The molecule has 4 aromatic carbocycles. The van der Waals surface area contributed by atoms with Crippen molar-refractivity contribution in [3.63, 3.8) is 0 Å². The van der Waals surface area contributed by atoms with E-state index in [1.165, 1.54) is 48.5 Å². The number of carbonyl (C=O) groups excluding carboxylic acids is 6. The average Bonchev–Trinajstić information content (AvgIpc) is 3.25. The molecule has 4 rings (SSSR count). The number of esters is 6. The highest BCUT2D eigenvalue weighted by Gasteiger charge is 2.13. The Morgan fingerprint density at radius 3 is 0.614 bits per heavy atom. The summed E-state index contributed by atoms with van der Waals surface area (Å²) in [5, 5.41) is 0. The molecule has 0 aliphatic rings. The maximum absolute atomic E-state index is 12.3. The molecule has 0 aliphatic heterocycles. The third-order valence-corrected chi connectivity index (χ3v) is 7.50. The SMILES string of the molecule is O=C(OCCOCCOC(=O)c1ccc(C(=O)OCCOCCOC(=O)c2ccc(C(=O)OCCOCCOC(=O)c3ccccc3)cc2)cc1)c1ccccc1. The molecule has 57 heavy (non-hydrogen) atoms. The largest absolute Gasteiger partial charge is 0.460 e. The van der Waals surface area contributed by atoms with E-state index >= 15 is 0 Å². The van der Waals surface area contributed by atoms with Gasteiger partial charge in [-0.2, -0.15) is 0 Å². The Balaban J connectivity index is 0.978. The molecule has 0 fully saturated rings. The lowest BCUT2D eigenvalue weighted by molar-refractivity contribution is 0.0139. The van der Waals surface area contributed by atoms with E-state index in [4.69, 9.17) is 42.6 Å². The molecule has 0 aliphatic carbocycles. The lowest BCUT2D eigenvalue weighted by Crippen LogP contribution is -2.16. The predicted octanol–water partition coefficient (Wildman–Crippen LogP) is 4.78. The molecule has 0 N–H and O–H groups in total. The van der Waals surface area contributed by atoms with Crippen molar-refractivity contribution in [2.45, 2.75) is 0 Å². The molecule has 0 spiro atoms. The molecule has 0 heterocycles. The van der Waals surface area contributed by atoms with Crippen LogP contribution in [0.5, 0.6) is 0 Å². The Morgan fingerprint density at radius 1 is 0.246 bits per heavy atom. The monoisotopic (exact) mass is 786 g/mol. The number of hydrogen-bond acceptors (Lipinski definition) is 15. The molecule has 0 saturated carbocycles. The highest BCUT2D eigenvalue weighted by molar-refractivity contribution is 5.94. The predicted molar refractivity (Wildman–Crippen MR) is 200 cm³/mol. The van der Waals surface area contributed by atoms with Gasteiger partial charge in [0.15, 0.2) is 0 Å². The van der Waals surface area contributed by atoms with E-state index in [1.54, 1.807) is 60.7 Å². The van der Waals surface area contributed by atoms with E-state index < -0.39 is 35.8 Å². The van der Waals surface area contributed by atoms with E-state index in [-0.39, 0.29) is 102 Å². The van der Waals surface area contributed by atoms with Crippen molar-refractivity contribution in [1.29, 1.82) is 0 Å². The number of hydrogen-bond donors (Lipinski definition) is 0. The van der Waals surface area contributed by atoms with Crippen LogP contribution in [-0.2, 0) is 42.6 Å². The van der Waals surface area contributed by atoms with Crippen LogP contribution >= 0.6 is 0 Å². The molecular weight excluding hydrogens is 744 g/mol. The van der Waals surface area contributed by atoms with Gasteiger partial charge in [0.1, 0.15) is 39.6 Å². The van der Waals surface area contributed by atoms with Gasteiger partial charge in [0, 0.05) is 0 Å². The summed E-state index contributed by atoms with van der Waals surface area (Å²) in [6, 6.07) is 28.6. The molecule has 0 unspecified atom stereocenters. The van der Waals surface area contributed by atoms with Crippen LogP contribution in [0.2, 0.25) is 0 Å². The zero-order chi connectivity index (χ0) is 40.5. The first kappa shape index (κ1) is 43.3. The van der Waals surface area contributed by atoms with Crippen molar-refractivity contribution in [3.8, 4) is 0 Å². The second-order valence-corrected chi connectivity index (χ2v) is 11.5. The topological polar surface area (TPSA) is 185 Å². The van der Waals surface area contributed by atoms with Crippen LogP contribution < -0.4 is 0 Å². The first-order valence-electron chi connectivity index (χ1n) is 17.9. The highest BCUT2D eigenvalue weighted by Crippen LogP contribution is 2.10. The van der Waals surface area contributed by atoms with Crippen LogP contribution in [0.15, 0.2) is 109 Å². The third-order valence-electron chi connectivity index (χ3n) is 7.50. The number of ether oxygens (including phenoxy) is 9. The molecule has 0 aromatic heterocycles. The summed E-state index contributed by atoms with van der Waals surface area (Å²) in [7, 11) is 0. The number of benzene rings is 4. The zero-order valence-corrected chi connectivity index (χ0v) is 31.0. The number of carbonyl (C=O) groups is 6. The van der Waals surface area contributed by atoms with Gasteiger partial charge in [0.2, 0.25) is 0 Å². The summed E-state index contributed by atoms with van der Waals surface area (Å²) in [5.41, 5.74) is 1.79. The quantitative estimate of drug-likeness (QED) is 0.0537. The number of rotatable bonds is 24. The van der Waals surface area contributed by atoms with Crippen molar-refractivity contribution < 1.29 is 71.4 Å². The molecule has 15 nitrogen and oxygen atoms in total. The maximum atomic E-state index is 12.3. The second-order valence-electron chi connectivity index (χ2n) is 11.5. The minimum absolute atomic E-state index is 0.0152. The fraction of sp³-hybridized carbons (Fsp3) is 0.286. The van der Waals surface area contributed by atoms with E-state index in [9.17, 15) is 28.8 Å². The zero-order valence-electron chi connectivity index (χ0n) is 31.0. The van der Waals surface area contributed by atoms with Crippen LogP contribution in [0.25, 0.3) is 0 Å². The van der Waals surface area contributed by atoms with Crippen LogP contribution in [0.1, 0.15) is 62.1 Å². The van der Waals surface area contributed by atoms with Crippen molar-refractivity contribution in [2.75, 3.05) is 79.3 Å². The molecule has 0 bridgehead atoms. The van der Waals surface area contributed by atoms with Gasteiger partial charge < -0.3 is 42.6 Å². The smallest absolute Gasteiger partial charge is 0.338 e. The maximum Gasteiger partial charge on any atom is 0.338 e. The van der Waals surface area contributed by atoms with E-state index in [2.05, 4.69) is 0 Å².